The van der Waals surface area contributed by atoms with Gasteiger partial charge in [-0.1, -0.05) is 31.5 Å². The van der Waals surface area contributed by atoms with Crippen molar-refractivity contribution in [2.24, 2.45) is 0 Å². The second kappa shape index (κ2) is 9.92. The van der Waals surface area contributed by atoms with E-state index >= 15 is 0 Å². The quantitative estimate of drug-likeness (QED) is 0.648. The molecule has 3 heteroatoms. The highest BCUT2D eigenvalue weighted by molar-refractivity contribution is 5.51. The number of ether oxygens (including phenoxy) is 2. The lowest BCUT2D eigenvalue weighted by Crippen LogP contribution is -2.09. The molecule has 0 bridgehead atoms. The first-order valence-corrected chi connectivity index (χ1v) is 6.77. The number of hydrogen-bond donors (Lipinski definition) is 1. The highest BCUT2D eigenvalue weighted by atomic mass is 16.5. The van der Waals surface area contributed by atoms with E-state index < -0.39 is 0 Å². The van der Waals surface area contributed by atoms with Crippen LogP contribution < -0.4 is 5.32 Å². The van der Waals surface area contributed by atoms with Gasteiger partial charge in [0.1, 0.15) is 0 Å². The maximum atomic E-state index is 5.42. The van der Waals surface area contributed by atoms with Crippen molar-refractivity contribution < 1.29 is 9.47 Å². The molecular formula is C15H25NO2. The maximum absolute atomic E-state index is 5.42. The van der Waals surface area contributed by atoms with Gasteiger partial charge in [0.25, 0.3) is 0 Å². The Kier molecular flexibility index (Phi) is 8.26. The van der Waals surface area contributed by atoms with E-state index in [0.717, 1.165) is 26.0 Å². The molecule has 0 unspecified atom stereocenters. The van der Waals surface area contributed by atoms with E-state index in [4.69, 9.17) is 9.47 Å². The molecule has 0 amide bonds. The van der Waals surface area contributed by atoms with Crippen LogP contribution in [0, 0.1) is 0 Å². The Morgan fingerprint density at radius 1 is 1.11 bits per heavy atom. The third kappa shape index (κ3) is 6.03. The molecule has 0 aliphatic heterocycles. The SMILES string of the molecule is CCCc1ccccc1NCCCOCCOC. The lowest BCUT2D eigenvalue weighted by Gasteiger charge is -2.11. The van der Waals surface area contributed by atoms with Crippen molar-refractivity contribution in [3.8, 4) is 0 Å². The summed E-state index contributed by atoms with van der Waals surface area (Å²) in [5, 5.41) is 3.48. The van der Waals surface area contributed by atoms with E-state index in [0.29, 0.717) is 13.2 Å². The molecule has 1 aromatic rings. The second-order valence-electron chi connectivity index (χ2n) is 4.29. The van der Waals surface area contributed by atoms with Crippen LogP contribution in [-0.4, -0.2) is 33.5 Å². The van der Waals surface area contributed by atoms with E-state index in [9.17, 15) is 0 Å². The minimum absolute atomic E-state index is 0.673. The fraction of sp³-hybridized carbons (Fsp3) is 0.600. The molecule has 0 atom stereocenters. The van der Waals surface area contributed by atoms with E-state index in [-0.39, 0.29) is 0 Å². The molecule has 0 heterocycles. The molecule has 0 aromatic heterocycles. The second-order valence-corrected chi connectivity index (χ2v) is 4.29. The van der Waals surface area contributed by atoms with E-state index in [1.807, 2.05) is 0 Å². The molecule has 0 aliphatic rings. The first-order valence-electron chi connectivity index (χ1n) is 6.77. The van der Waals surface area contributed by atoms with E-state index in [2.05, 4.69) is 36.5 Å². The van der Waals surface area contributed by atoms with Gasteiger partial charge in [-0.15, -0.1) is 0 Å². The number of para-hydroxylation sites is 1. The largest absolute Gasteiger partial charge is 0.385 e. The van der Waals surface area contributed by atoms with Crippen LogP contribution in [0.4, 0.5) is 5.69 Å². The van der Waals surface area contributed by atoms with Crippen molar-refractivity contribution in [2.75, 3.05) is 38.8 Å². The average Bonchev–Trinajstić information content (AvgIpc) is 2.40. The molecule has 0 saturated heterocycles. The van der Waals surface area contributed by atoms with E-state index in [1.54, 1.807) is 7.11 Å². The molecule has 3 nitrogen and oxygen atoms in total. The molecule has 102 valence electrons. The summed E-state index contributed by atoms with van der Waals surface area (Å²) in [5.74, 6) is 0. The molecule has 1 N–H and O–H groups in total. The predicted molar refractivity (Wildman–Crippen MR) is 76.2 cm³/mol. The highest BCUT2D eigenvalue weighted by Gasteiger charge is 1.99. The van der Waals surface area contributed by atoms with Gasteiger partial charge in [0.2, 0.25) is 0 Å². The molecule has 0 aliphatic carbocycles. The Labute approximate surface area is 110 Å². The topological polar surface area (TPSA) is 30.5 Å². The molecule has 0 saturated carbocycles. The van der Waals surface area contributed by atoms with Crippen LogP contribution in [0.3, 0.4) is 0 Å². The monoisotopic (exact) mass is 251 g/mol. The van der Waals surface area contributed by atoms with Gasteiger partial charge in [-0.05, 0) is 24.5 Å². The first-order chi connectivity index (χ1) is 8.88. The summed E-state index contributed by atoms with van der Waals surface area (Å²) in [6.07, 6.45) is 3.33. The Hall–Kier alpha value is -1.06. The zero-order valence-electron chi connectivity index (χ0n) is 11.6. The summed E-state index contributed by atoms with van der Waals surface area (Å²) < 4.78 is 10.3. The third-order valence-electron chi connectivity index (χ3n) is 2.75. The van der Waals surface area contributed by atoms with Gasteiger partial charge in [0.15, 0.2) is 0 Å². The Morgan fingerprint density at radius 3 is 2.72 bits per heavy atom. The summed E-state index contributed by atoms with van der Waals surface area (Å²) in [4.78, 5) is 0. The van der Waals surface area contributed by atoms with Gasteiger partial charge in [0, 0.05) is 25.9 Å². The number of methoxy groups -OCH3 is 1. The van der Waals surface area contributed by atoms with Gasteiger partial charge < -0.3 is 14.8 Å². The summed E-state index contributed by atoms with van der Waals surface area (Å²) >= 11 is 0. The summed E-state index contributed by atoms with van der Waals surface area (Å²) in [5.41, 5.74) is 2.66. The Bertz CT molecular complexity index is 315. The predicted octanol–water partition coefficient (Wildman–Crippen LogP) is 3.10. The van der Waals surface area contributed by atoms with Crippen LogP contribution in [0.1, 0.15) is 25.3 Å². The average molecular weight is 251 g/mol. The van der Waals surface area contributed by atoms with Crippen LogP contribution >= 0.6 is 0 Å². The van der Waals surface area contributed by atoms with Gasteiger partial charge in [-0.25, -0.2) is 0 Å². The molecule has 1 rings (SSSR count). The standard InChI is InChI=1S/C15H25NO2/c1-3-7-14-8-4-5-9-15(14)16-10-6-11-18-13-12-17-2/h4-5,8-9,16H,3,6-7,10-13H2,1-2H3. The molecule has 0 radical (unpaired) electrons. The number of benzene rings is 1. The third-order valence-corrected chi connectivity index (χ3v) is 2.75. The van der Waals surface area contributed by atoms with Crippen molar-refractivity contribution in [1.29, 1.82) is 0 Å². The number of nitrogens with one attached hydrogen (secondary N) is 1. The van der Waals surface area contributed by atoms with Crippen LogP contribution in [0.15, 0.2) is 24.3 Å². The van der Waals surface area contributed by atoms with Crippen molar-refractivity contribution in [3.05, 3.63) is 29.8 Å². The Morgan fingerprint density at radius 2 is 1.94 bits per heavy atom. The number of aryl methyl sites for hydroxylation is 1. The fourth-order valence-corrected chi connectivity index (χ4v) is 1.82. The summed E-state index contributed by atoms with van der Waals surface area (Å²) in [7, 11) is 1.69. The van der Waals surface area contributed by atoms with Crippen molar-refractivity contribution in [2.45, 2.75) is 26.2 Å². The Balaban J connectivity index is 2.18. The number of rotatable bonds is 10. The van der Waals surface area contributed by atoms with Gasteiger partial charge in [-0.3, -0.25) is 0 Å². The minimum Gasteiger partial charge on any atom is -0.385 e. The molecule has 1 aromatic carbocycles. The molecule has 0 fully saturated rings. The number of anilines is 1. The van der Waals surface area contributed by atoms with Crippen LogP contribution in [0.5, 0.6) is 0 Å². The molecule has 0 spiro atoms. The van der Waals surface area contributed by atoms with E-state index in [1.165, 1.54) is 17.7 Å². The highest BCUT2D eigenvalue weighted by Crippen LogP contribution is 2.16. The van der Waals surface area contributed by atoms with Crippen molar-refractivity contribution in [1.82, 2.24) is 0 Å². The van der Waals surface area contributed by atoms with Crippen LogP contribution in [0.25, 0.3) is 0 Å². The molecular weight excluding hydrogens is 226 g/mol. The van der Waals surface area contributed by atoms with Crippen LogP contribution in [0.2, 0.25) is 0 Å². The molecule has 18 heavy (non-hydrogen) atoms. The zero-order chi connectivity index (χ0) is 13.1. The lowest BCUT2D eigenvalue weighted by molar-refractivity contribution is 0.0705. The first kappa shape index (κ1) is 15.0. The van der Waals surface area contributed by atoms with Crippen molar-refractivity contribution >= 4 is 5.69 Å². The minimum atomic E-state index is 0.673. The zero-order valence-corrected chi connectivity index (χ0v) is 11.6. The van der Waals surface area contributed by atoms with Gasteiger partial charge >= 0.3 is 0 Å². The fourth-order valence-electron chi connectivity index (χ4n) is 1.82. The maximum Gasteiger partial charge on any atom is 0.0700 e. The summed E-state index contributed by atoms with van der Waals surface area (Å²) in [6, 6.07) is 8.53. The van der Waals surface area contributed by atoms with Crippen LogP contribution in [-0.2, 0) is 15.9 Å². The summed E-state index contributed by atoms with van der Waals surface area (Å²) in [6.45, 7) is 5.30. The smallest absolute Gasteiger partial charge is 0.0700 e. The van der Waals surface area contributed by atoms with Gasteiger partial charge in [-0.2, -0.15) is 0 Å². The van der Waals surface area contributed by atoms with Crippen molar-refractivity contribution in [3.63, 3.8) is 0 Å². The van der Waals surface area contributed by atoms with Gasteiger partial charge in [0.05, 0.1) is 13.2 Å². The lowest BCUT2D eigenvalue weighted by atomic mass is 10.1. The normalized spacial score (nSPS) is 10.6. The number of hydrogen-bond acceptors (Lipinski definition) is 3.